The summed E-state index contributed by atoms with van der Waals surface area (Å²) in [7, 11) is 0. The highest BCUT2D eigenvalue weighted by molar-refractivity contribution is 5.46. The van der Waals surface area contributed by atoms with E-state index in [0.29, 0.717) is 5.95 Å². The first kappa shape index (κ1) is 5.16. The standard InChI is InChI=1S/C5H5N5/c6-5-8-2-4-1-7-3-9-10(4)5/h1-3H,(H2,6,8). The summed E-state index contributed by atoms with van der Waals surface area (Å²) in [4.78, 5) is 7.63. The molecule has 0 radical (unpaired) electrons. The fourth-order valence-electron chi connectivity index (χ4n) is 0.779. The molecule has 0 atom stereocenters. The summed E-state index contributed by atoms with van der Waals surface area (Å²) < 4.78 is 1.52. The highest BCUT2D eigenvalue weighted by atomic mass is 15.3. The van der Waals surface area contributed by atoms with Crippen LogP contribution in [0.5, 0.6) is 0 Å². The Hall–Kier alpha value is -1.65. The molecule has 2 N–H and O–H groups in total. The van der Waals surface area contributed by atoms with Crippen LogP contribution in [0.2, 0.25) is 0 Å². The summed E-state index contributed by atoms with van der Waals surface area (Å²) in [5.41, 5.74) is 6.24. The van der Waals surface area contributed by atoms with Crippen molar-refractivity contribution in [3.8, 4) is 0 Å². The molecule has 10 heavy (non-hydrogen) atoms. The molecule has 0 aliphatic rings. The van der Waals surface area contributed by atoms with Gasteiger partial charge in [-0.1, -0.05) is 0 Å². The molecule has 0 fully saturated rings. The first-order valence-electron chi connectivity index (χ1n) is 2.77. The van der Waals surface area contributed by atoms with Gasteiger partial charge in [-0.05, 0) is 0 Å². The van der Waals surface area contributed by atoms with Crippen LogP contribution in [0.3, 0.4) is 0 Å². The van der Waals surface area contributed by atoms with Crippen molar-refractivity contribution in [3.63, 3.8) is 0 Å². The van der Waals surface area contributed by atoms with Crippen molar-refractivity contribution >= 4 is 11.5 Å². The van der Waals surface area contributed by atoms with E-state index in [-0.39, 0.29) is 0 Å². The predicted octanol–water partition coefficient (Wildman–Crippen LogP) is -0.294. The summed E-state index contributed by atoms with van der Waals surface area (Å²) in [6.45, 7) is 0. The molecule has 2 rings (SSSR count). The summed E-state index contributed by atoms with van der Waals surface area (Å²) >= 11 is 0. The molecule has 0 aromatic carbocycles. The highest BCUT2D eigenvalue weighted by Gasteiger charge is 1.96. The van der Waals surface area contributed by atoms with E-state index in [0.717, 1.165) is 5.52 Å². The van der Waals surface area contributed by atoms with Crippen molar-refractivity contribution in [3.05, 3.63) is 18.7 Å². The summed E-state index contributed by atoms with van der Waals surface area (Å²) in [5, 5.41) is 3.86. The van der Waals surface area contributed by atoms with Gasteiger partial charge >= 0.3 is 0 Å². The number of hydrogen-bond donors (Lipinski definition) is 1. The molecule has 2 aromatic heterocycles. The number of fused-ring (bicyclic) bond motifs is 1. The number of nitrogens with two attached hydrogens (primary N) is 1. The maximum absolute atomic E-state index is 5.44. The Balaban J connectivity index is 2.93. The van der Waals surface area contributed by atoms with Crippen LogP contribution in [0.25, 0.3) is 5.52 Å². The topological polar surface area (TPSA) is 69.1 Å². The van der Waals surface area contributed by atoms with Crippen LogP contribution in [0.1, 0.15) is 0 Å². The number of hydrogen-bond acceptors (Lipinski definition) is 4. The van der Waals surface area contributed by atoms with E-state index in [1.165, 1.54) is 10.8 Å². The minimum absolute atomic E-state index is 0.386. The number of imidazole rings is 1. The molecule has 0 spiro atoms. The van der Waals surface area contributed by atoms with Gasteiger partial charge in [0.2, 0.25) is 5.95 Å². The van der Waals surface area contributed by atoms with Crippen LogP contribution in [0.15, 0.2) is 18.7 Å². The van der Waals surface area contributed by atoms with Crippen LogP contribution in [0.4, 0.5) is 5.95 Å². The minimum atomic E-state index is 0.386. The third-order valence-corrected chi connectivity index (χ3v) is 1.23. The molecule has 0 bridgehead atoms. The van der Waals surface area contributed by atoms with Crippen LogP contribution >= 0.6 is 0 Å². The zero-order valence-corrected chi connectivity index (χ0v) is 5.10. The second kappa shape index (κ2) is 1.66. The predicted molar refractivity (Wildman–Crippen MR) is 35.2 cm³/mol. The number of aromatic nitrogens is 4. The largest absolute Gasteiger partial charge is 0.368 e. The molecular formula is C5H5N5. The molecule has 5 nitrogen and oxygen atoms in total. The average Bonchev–Trinajstić information content (AvgIpc) is 2.34. The number of anilines is 1. The molecule has 2 aromatic rings. The van der Waals surface area contributed by atoms with Crippen LogP contribution in [0, 0.1) is 0 Å². The van der Waals surface area contributed by atoms with E-state index in [2.05, 4.69) is 15.1 Å². The second-order valence-corrected chi connectivity index (χ2v) is 1.86. The number of rotatable bonds is 0. The molecule has 5 heteroatoms. The van der Waals surface area contributed by atoms with E-state index in [9.17, 15) is 0 Å². The van der Waals surface area contributed by atoms with Gasteiger partial charge < -0.3 is 5.73 Å². The lowest BCUT2D eigenvalue weighted by Crippen LogP contribution is -1.97. The van der Waals surface area contributed by atoms with Gasteiger partial charge in [0.25, 0.3) is 0 Å². The number of nitrogen functional groups attached to an aromatic ring is 1. The third-order valence-electron chi connectivity index (χ3n) is 1.23. The first-order valence-corrected chi connectivity index (χ1v) is 2.77. The maximum atomic E-state index is 5.44. The van der Waals surface area contributed by atoms with Crippen molar-refractivity contribution in [2.24, 2.45) is 0 Å². The first-order chi connectivity index (χ1) is 4.88. The second-order valence-electron chi connectivity index (χ2n) is 1.86. The smallest absolute Gasteiger partial charge is 0.221 e. The fraction of sp³-hybridized carbons (Fsp3) is 0. The Morgan fingerprint density at radius 2 is 2.30 bits per heavy atom. The van der Waals surface area contributed by atoms with E-state index in [4.69, 9.17) is 5.73 Å². The molecule has 0 amide bonds. The van der Waals surface area contributed by atoms with Gasteiger partial charge in [-0.25, -0.2) is 9.97 Å². The monoisotopic (exact) mass is 135 g/mol. The van der Waals surface area contributed by atoms with Crippen molar-refractivity contribution in [2.75, 3.05) is 5.73 Å². The number of nitrogens with zero attached hydrogens (tertiary/aromatic N) is 4. The lowest BCUT2D eigenvalue weighted by atomic mass is 10.6. The van der Waals surface area contributed by atoms with Gasteiger partial charge in [-0.15, -0.1) is 0 Å². The molecule has 2 heterocycles. The van der Waals surface area contributed by atoms with Crippen molar-refractivity contribution in [1.29, 1.82) is 0 Å². The summed E-state index contributed by atoms with van der Waals surface area (Å²) in [6, 6.07) is 0. The zero-order chi connectivity index (χ0) is 6.97. The quantitative estimate of drug-likeness (QED) is 0.538. The van der Waals surface area contributed by atoms with Gasteiger partial charge in [0.05, 0.1) is 12.4 Å². The van der Waals surface area contributed by atoms with Gasteiger partial charge in [0.1, 0.15) is 11.8 Å². The zero-order valence-electron chi connectivity index (χ0n) is 5.10. The Morgan fingerprint density at radius 3 is 3.10 bits per heavy atom. The molecule has 0 saturated heterocycles. The molecule has 0 unspecified atom stereocenters. The lowest BCUT2D eigenvalue weighted by molar-refractivity contribution is 0.904. The molecule has 0 aliphatic carbocycles. The van der Waals surface area contributed by atoms with Gasteiger partial charge in [0.15, 0.2) is 0 Å². The van der Waals surface area contributed by atoms with Crippen molar-refractivity contribution in [1.82, 2.24) is 19.6 Å². The van der Waals surface area contributed by atoms with Crippen molar-refractivity contribution < 1.29 is 0 Å². The molecule has 0 aliphatic heterocycles. The van der Waals surface area contributed by atoms with E-state index >= 15 is 0 Å². The Labute approximate surface area is 56.5 Å². The van der Waals surface area contributed by atoms with Crippen LogP contribution in [-0.2, 0) is 0 Å². The van der Waals surface area contributed by atoms with Crippen LogP contribution in [-0.4, -0.2) is 19.6 Å². The molecule has 0 saturated carbocycles. The average molecular weight is 135 g/mol. The maximum Gasteiger partial charge on any atom is 0.221 e. The SMILES string of the molecule is Nc1ncc2cncnn12. The van der Waals surface area contributed by atoms with Gasteiger partial charge in [0, 0.05) is 0 Å². The van der Waals surface area contributed by atoms with E-state index in [1.807, 2.05) is 0 Å². The van der Waals surface area contributed by atoms with E-state index < -0.39 is 0 Å². The Kier molecular flexibility index (Phi) is 0.858. The lowest BCUT2D eigenvalue weighted by Gasteiger charge is -1.89. The van der Waals surface area contributed by atoms with Gasteiger partial charge in [-0.2, -0.15) is 9.61 Å². The third kappa shape index (κ3) is 0.540. The minimum Gasteiger partial charge on any atom is -0.368 e. The fourth-order valence-corrected chi connectivity index (χ4v) is 0.779. The normalized spacial score (nSPS) is 10.4. The molecule has 50 valence electrons. The molecular weight excluding hydrogens is 130 g/mol. The summed E-state index contributed by atoms with van der Waals surface area (Å²) in [6.07, 6.45) is 4.69. The Bertz CT molecular complexity index is 352. The summed E-state index contributed by atoms with van der Waals surface area (Å²) in [5.74, 6) is 0.386. The Morgan fingerprint density at radius 1 is 1.40 bits per heavy atom. The van der Waals surface area contributed by atoms with Crippen molar-refractivity contribution in [2.45, 2.75) is 0 Å². The van der Waals surface area contributed by atoms with Gasteiger partial charge in [-0.3, -0.25) is 0 Å². The van der Waals surface area contributed by atoms with E-state index in [1.54, 1.807) is 12.4 Å². The highest BCUT2D eigenvalue weighted by Crippen LogP contribution is 2.01. The van der Waals surface area contributed by atoms with Crippen LogP contribution < -0.4 is 5.73 Å².